The van der Waals surface area contributed by atoms with Crippen molar-refractivity contribution < 1.29 is 38.1 Å². The molecular formula is C32H37IN2O8. The number of amides is 2. The van der Waals surface area contributed by atoms with Crippen molar-refractivity contribution in [3.63, 3.8) is 0 Å². The second kappa shape index (κ2) is 15.5. The summed E-state index contributed by atoms with van der Waals surface area (Å²) in [5.41, 5.74) is 0.760. The van der Waals surface area contributed by atoms with E-state index in [1.54, 1.807) is 83.5 Å². The molecule has 230 valence electrons. The molecule has 43 heavy (non-hydrogen) atoms. The predicted molar refractivity (Wildman–Crippen MR) is 170 cm³/mol. The van der Waals surface area contributed by atoms with Crippen molar-refractivity contribution in [3.8, 4) is 23.0 Å². The molecule has 0 saturated carbocycles. The number of nitrogens with one attached hydrogen (secondary N) is 2. The molecule has 0 unspecified atom stereocenters. The Morgan fingerprint density at radius 3 is 1.86 bits per heavy atom. The molecular weight excluding hydrogens is 667 g/mol. The fraction of sp³-hybridized carbons (Fsp3) is 0.344. The Bertz CT molecular complexity index is 1390. The summed E-state index contributed by atoms with van der Waals surface area (Å²) in [7, 11) is 4.38. The zero-order chi connectivity index (χ0) is 31.6. The second-order valence-electron chi connectivity index (χ2n) is 10.6. The predicted octanol–water partition coefficient (Wildman–Crippen LogP) is 5.44. The van der Waals surface area contributed by atoms with E-state index >= 15 is 0 Å². The molecule has 10 nitrogen and oxygen atoms in total. The third-order valence-corrected chi connectivity index (χ3v) is 6.80. The quantitative estimate of drug-likeness (QED) is 0.189. The Hall–Kier alpha value is -4.00. The topological polar surface area (TPSA) is 121 Å². The summed E-state index contributed by atoms with van der Waals surface area (Å²) in [5.74, 6) is 1.21. The first-order valence-corrected chi connectivity index (χ1v) is 14.6. The number of hydrogen-bond donors (Lipinski definition) is 2. The highest BCUT2D eigenvalue weighted by atomic mass is 127. The Balaban J connectivity index is 1.76. The lowest BCUT2D eigenvalue weighted by Crippen LogP contribution is -2.53. The van der Waals surface area contributed by atoms with Crippen molar-refractivity contribution in [3.05, 3.63) is 81.4 Å². The van der Waals surface area contributed by atoms with E-state index in [2.05, 4.69) is 33.2 Å². The highest BCUT2D eigenvalue weighted by Crippen LogP contribution is 2.33. The summed E-state index contributed by atoms with van der Waals surface area (Å²) in [5, 5.41) is 5.38. The van der Waals surface area contributed by atoms with Crippen LogP contribution in [0.2, 0.25) is 0 Å². The van der Waals surface area contributed by atoms with Gasteiger partial charge in [0, 0.05) is 16.4 Å². The zero-order valence-electron chi connectivity index (χ0n) is 25.1. The van der Waals surface area contributed by atoms with Crippen LogP contribution in [0, 0.1) is 3.57 Å². The summed E-state index contributed by atoms with van der Waals surface area (Å²) < 4.78 is 27.9. The minimum absolute atomic E-state index is 0.146. The standard InChI is InChI=1S/C32H37IN2O8/c1-32(2,3)43-31(38)35-25(17-20-7-12-23(39-4)13-8-20)29(36)34-26(30(37)41-6)18-21-9-14-24(15-10-21)42-28-19-22(33)11-16-27(28)40-5/h7-16,19,25-26H,17-18H2,1-6H3,(H,34,36)(H,35,38)/t25-,26-/m0/s1. The van der Waals surface area contributed by atoms with Gasteiger partial charge in [0.1, 0.15) is 29.2 Å². The van der Waals surface area contributed by atoms with E-state index in [4.69, 9.17) is 23.7 Å². The Morgan fingerprint density at radius 1 is 0.744 bits per heavy atom. The molecule has 0 saturated heterocycles. The fourth-order valence-electron chi connectivity index (χ4n) is 4.05. The van der Waals surface area contributed by atoms with Crippen LogP contribution in [0.15, 0.2) is 66.7 Å². The Morgan fingerprint density at radius 2 is 1.33 bits per heavy atom. The molecule has 3 aromatic rings. The lowest BCUT2D eigenvalue weighted by Gasteiger charge is -2.25. The number of hydrogen-bond acceptors (Lipinski definition) is 8. The molecule has 0 radical (unpaired) electrons. The second-order valence-corrected chi connectivity index (χ2v) is 11.8. The molecule has 2 amide bonds. The molecule has 0 fully saturated rings. The van der Waals surface area contributed by atoms with Crippen LogP contribution in [0.1, 0.15) is 31.9 Å². The van der Waals surface area contributed by atoms with Gasteiger partial charge >= 0.3 is 12.1 Å². The number of ether oxygens (including phenoxy) is 5. The lowest BCUT2D eigenvalue weighted by molar-refractivity contribution is -0.145. The Kier molecular flexibility index (Phi) is 12.0. The van der Waals surface area contributed by atoms with Gasteiger partial charge in [-0.25, -0.2) is 9.59 Å². The average molecular weight is 705 g/mol. The third-order valence-electron chi connectivity index (χ3n) is 6.13. The van der Waals surface area contributed by atoms with E-state index in [1.165, 1.54) is 7.11 Å². The van der Waals surface area contributed by atoms with Crippen LogP contribution in [0.5, 0.6) is 23.0 Å². The largest absolute Gasteiger partial charge is 0.497 e. The summed E-state index contributed by atoms with van der Waals surface area (Å²) in [6, 6.07) is 17.8. The van der Waals surface area contributed by atoms with Crippen LogP contribution >= 0.6 is 22.6 Å². The molecule has 3 aromatic carbocycles. The molecule has 2 atom stereocenters. The monoisotopic (exact) mass is 704 g/mol. The minimum atomic E-state index is -1.03. The van der Waals surface area contributed by atoms with E-state index in [1.807, 2.05) is 18.2 Å². The number of rotatable bonds is 12. The van der Waals surface area contributed by atoms with Crippen LogP contribution in [0.3, 0.4) is 0 Å². The van der Waals surface area contributed by atoms with Gasteiger partial charge in [-0.3, -0.25) is 4.79 Å². The minimum Gasteiger partial charge on any atom is -0.497 e. The average Bonchev–Trinajstić information content (AvgIpc) is 2.96. The lowest BCUT2D eigenvalue weighted by atomic mass is 10.0. The van der Waals surface area contributed by atoms with Crippen molar-refractivity contribution in [1.82, 2.24) is 10.6 Å². The van der Waals surface area contributed by atoms with Crippen molar-refractivity contribution in [1.29, 1.82) is 0 Å². The van der Waals surface area contributed by atoms with Crippen LogP contribution in [-0.4, -0.2) is 57.0 Å². The fourth-order valence-corrected chi connectivity index (χ4v) is 4.51. The molecule has 0 heterocycles. The van der Waals surface area contributed by atoms with Crippen molar-refractivity contribution >= 4 is 40.6 Å². The summed E-state index contributed by atoms with van der Waals surface area (Å²) in [4.78, 5) is 38.8. The molecule has 0 aliphatic heterocycles. The summed E-state index contributed by atoms with van der Waals surface area (Å²) in [6.07, 6.45) is -0.458. The van der Waals surface area contributed by atoms with Gasteiger partial charge in [0.2, 0.25) is 5.91 Å². The normalized spacial score (nSPS) is 12.3. The van der Waals surface area contributed by atoms with Crippen LogP contribution < -0.4 is 24.8 Å². The Labute approximate surface area is 265 Å². The van der Waals surface area contributed by atoms with E-state index in [0.29, 0.717) is 23.0 Å². The van der Waals surface area contributed by atoms with Gasteiger partial charge < -0.3 is 34.3 Å². The number of benzene rings is 3. The third kappa shape index (κ3) is 10.7. The van der Waals surface area contributed by atoms with Crippen LogP contribution in [-0.2, 0) is 31.9 Å². The maximum absolute atomic E-state index is 13.5. The van der Waals surface area contributed by atoms with Gasteiger partial charge in [-0.2, -0.15) is 0 Å². The van der Waals surface area contributed by atoms with Crippen molar-refractivity contribution in [2.75, 3.05) is 21.3 Å². The maximum Gasteiger partial charge on any atom is 0.408 e. The number of esters is 1. The molecule has 0 aliphatic carbocycles. The van der Waals surface area contributed by atoms with Gasteiger partial charge in [-0.1, -0.05) is 24.3 Å². The van der Waals surface area contributed by atoms with Crippen LogP contribution in [0.25, 0.3) is 0 Å². The smallest absolute Gasteiger partial charge is 0.408 e. The van der Waals surface area contributed by atoms with E-state index in [9.17, 15) is 14.4 Å². The molecule has 0 aromatic heterocycles. The number of halogens is 1. The maximum atomic E-state index is 13.5. The molecule has 0 bridgehead atoms. The number of alkyl carbamates (subject to hydrolysis) is 1. The van der Waals surface area contributed by atoms with Crippen LogP contribution in [0.4, 0.5) is 4.79 Å². The SMILES string of the molecule is COC(=O)[C@H](Cc1ccc(Oc2cc(I)ccc2OC)cc1)NC(=O)[C@H](Cc1ccc(OC)cc1)NC(=O)OC(C)(C)C. The molecule has 0 spiro atoms. The highest BCUT2D eigenvalue weighted by molar-refractivity contribution is 14.1. The van der Waals surface area contributed by atoms with Gasteiger partial charge in [0.25, 0.3) is 0 Å². The first kappa shape index (κ1) is 33.5. The zero-order valence-corrected chi connectivity index (χ0v) is 27.2. The molecule has 2 N–H and O–H groups in total. The van der Waals surface area contributed by atoms with E-state index < -0.39 is 35.7 Å². The first-order chi connectivity index (χ1) is 20.4. The number of carbonyl (C=O) groups is 3. The highest BCUT2D eigenvalue weighted by Gasteiger charge is 2.29. The first-order valence-electron chi connectivity index (χ1n) is 13.5. The van der Waals surface area contributed by atoms with Gasteiger partial charge in [-0.05, 0) is 97.0 Å². The van der Waals surface area contributed by atoms with Gasteiger partial charge in [0.05, 0.1) is 21.3 Å². The molecule has 0 aliphatic rings. The number of carbonyl (C=O) groups excluding carboxylic acids is 3. The van der Waals surface area contributed by atoms with Crippen molar-refractivity contribution in [2.24, 2.45) is 0 Å². The van der Waals surface area contributed by atoms with E-state index in [0.717, 1.165) is 14.7 Å². The van der Waals surface area contributed by atoms with Crippen molar-refractivity contribution in [2.45, 2.75) is 51.3 Å². The molecule has 3 rings (SSSR count). The number of methoxy groups -OCH3 is 3. The summed E-state index contributed by atoms with van der Waals surface area (Å²) >= 11 is 2.19. The van der Waals surface area contributed by atoms with E-state index in [-0.39, 0.29) is 12.8 Å². The van der Waals surface area contributed by atoms with Gasteiger partial charge in [0.15, 0.2) is 11.5 Å². The summed E-state index contributed by atoms with van der Waals surface area (Å²) in [6.45, 7) is 5.18. The molecule has 11 heteroatoms. The van der Waals surface area contributed by atoms with Gasteiger partial charge in [-0.15, -0.1) is 0 Å².